The first-order valence-electron chi connectivity index (χ1n) is 7.37. The first-order valence-corrected chi connectivity index (χ1v) is 8.19. The first kappa shape index (κ1) is 14.0. The van der Waals surface area contributed by atoms with Crippen LogP contribution >= 0.6 is 11.3 Å². The van der Waals surface area contributed by atoms with Crippen LogP contribution < -0.4 is 5.32 Å². The number of rotatable bonds is 5. The Hall–Kier alpha value is -0.410. The van der Waals surface area contributed by atoms with Crippen LogP contribution in [0.3, 0.4) is 0 Å². The van der Waals surface area contributed by atoms with Gasteiger partial charge in [-0.05, 0) is 31.1 Å². The molecule has 2 rings (SSSR count). The number of hydrogen-bond acceptors (Lipinski definition) is 3. The summed E-state index contributed by atoms with van der Waals surface area (Å²) in [6.45, 7) is 7.88. The molecule has 18 heavy (non-hydrogen) atoms. The molecule has 2 atom stereocenters. The van der Waals surface area contributed by atoms with Crippen molar-refractivity contribution in [1.29, 1.82) is 0 Å². The van der Waals surface area contributed by atoms with E-state index in [-0.39, 0.29) is 0 Å². The molecule has 1 aromatic heterocycles. The van der Waals surface area contributed by atoms with Crippen molar-refractivity contribution >= 4 is 11.3 Å². The number of hydrogen-bond donors (Lipinski definition) is 1. The van der Waals surface area contributed by atoms with E-state index in [1.54, 1.807) is 0 Å². The van der Waals surface area contributed by atoms with Crippen LogP contribution in [0.15, 0.2) is 6.20 Å². The summed E-state index contributed by atoms with van der Waals surface area (Å²) in [7, 11) is 0. The Kier molecular flexibility index (Phi) is 5.19. The van der Waals surface area contributed by atoms with Crippen LogP contribution in [-0.4, -0.2) is 11.0 Å². The number of nitrogens with one attached hydrogen (secondary N) is 1. The zero-order chi connectivity index (χ0) is 13.0. The predicted molar refractivity (Wildman–Crippen MR) is 78.9 cm³/mol. The summed E-state index contributed by atoms with van der Waals surface area (Å²) in [5.74, 6) is 1.65. The fraction of sp³-hybridized carbons (Fsp3) is 0.800. The van der Waals surface area contributed by atoms with Crippen molar-refractivity contribution in [2.24, 2.45) is 11.8 Å². The molecule has 0 bridgehead atoms. The molecule has 1 saturated carbocycles. The first-order chi connectivity index (χ1) is 8.70. The second kappa shape index (κ2) is 6.67. The van der Waals surface area contributed by atoms with Gasteiger partial charge in [0.1, 0.15) is 5.01 Å². The Morgan fingerprint density at radius 1 is 1.39 bits per heavy atom. The van der Waals surface area contributed by atoms with Gasteiger partial charge in [0.25, 0.3) is 0 Å². The Labute approximate surface area is 115 Å². The van der Waals surface area contributed by atoms with E-state index in [2.05, 4.69) is 31.1 Å². The molecular weight excluding hydrogens is 240 g/mol. The van der Waals surface area contributed by atoms with Gasteiger partial charge in [-0.25, -0.2) is 4.98 Å². The van der Waals surface area contributed by atoms with E-state index in [4.69, 9.17) is 0 Å². The van der Waals surface area contributed by atoms with Crippen LogP contribution in [0.25, 0.3) is 0 Å². The molecule has 3 heteroatoms. The minimum atomic E-state index is 0.702. The summed E-state index contributed by atoms with van der Waals surface area (Å²) < 4.78 is 0. The zero-order valence-corrected chi connectivity index (χ0v) is 12.7. The average molecular weight is 266 g/mol. The normalized spacial score (nSPS) is 24.7. The molecule has 2 unspecified atom stereocenters. The lowest BCUT2D eigenvalue weighted by Crippen LogP contribution is -2.40. The van der Waals surface area contributed by atoms with Crippen molar-refractivity contribution < 1.29 is 0 Å². The minimum Gasteiger partial charge on any atom is -0.307 e. The summed E-state index contributed by atoms with van der Waals surface area (Å²) in [6, 6.07) is 0.702. The lowest BCUT2D eigenvalue weighted by atomic mass is 9.78. The van der Waals surface area contributed by atoms with E-state index in [9.17, 15) is 0 Å². The lowest BCUT2D eigenvalue weighted by Gasteiger charge is -2.34. The van der Waals surface area contributed by atoms with Crippen molar-refractivity contribution in [2.75, 3.05) is 0 Å². The van der Waals surface area contributed by atoms with Crippen molar-refractivity contribution in [1.82, 2.24) is 10.3 Å². The molecule has 0 spiro atoms. The van der Waals surface area contributed by atoms with Gasteiger partial charge in [-0.3, -0.25) is 0 Å². The molecule has 1 aliphatic carbocycles. The van der Waals surface area contributed by atoms with E-state index >= 15 is 0 Å². The molecule has 0 saturated heterocycles. The van der Waals surface area contributed by atoms with E-state index in [1.807, 2.05) is 17.5 Å². The van der Waals surface area contributed by atoms with Gasteiger partial charge >= 0.3 is 0 Å². The highest BCUT2D eigenvalue weighted by atomic mass is 32.1. The molecule has 0 aliphatic heterocycles. The summed E-state index contributed by atoms with van der Waals surface area (Å²) >= 11 is 1.86. The standard InChI is InChI=1S/C15H26N2S/c1-4-12-9-17-15(18-12)10-16-14-8-6-5-7-13(14)11(2)3/h9,11,13-14,16H,4-8,10H2,1-3H3. The lowest BCUT2D eigenvalue weighted by molar-refractivity contribution is 0.204. The molecule has 1 aliphatic rings. The van der Waals surface area contributed by atoms with Crippen LogP contribution in [0.2, 0.25) is 0 Å². The highest BCUT2D eigenvalue weighted by molar-refractivity contribution is 7.11. The molecule has 0 amide bonds. The van der Waals surface area contributed by atoms with Crippen molar-refractivity contribution in [2.45, 2.75) is 65.5 Å². The fourth-order valence-electron chi connectivity index (χ4n) is 3.02. The molecular formula is C15H26N2S. The number of thiazole rings is 1. The fourth-order valence-corrected chi connectivity index (χ4v) is 3.84. The summed E-state index contributed by atoms with van der Waals surface area (Å²) in [5.41, 5.74) is 0. The van der Waals surface area contributed by atoms with Crippen molar-refractivity contribution in [3.8, 4) is 0 Å². The van der Waals surface area contributed by atoms with Gasteiger partial charge in [-0.2, -0.15) is 0 Å². The van der Waals surface area contributed by atoms with Crippen LogP contribution in [0.1, 0.15) is 56.3 Å². The molecule has 102 valence electrons. The Morgan fingerprint density at radius 3 is 2.83 bits per heavy atom. The predicted octanol–water partition coefficient (Wildman–Crippen LogP) is 4.01. The maximum Gasteiger partial charge on any atom is 0.107 e. The second-order valence-corrected chi connectivity index (χ2v) is 6.95. The molecule has 1 heterocycles. The summed E-state index contributed by atoms with van der Waals surface area (Å²) in [6.07, 6.45) is 8.68. The van der Waals surface area contributed by atoms with Gasteiger partial charge in [-0.15, -0.1) is 11.3 Å². The van der Waals surface area contributed by atoms with Crippen LogP contribution in [0.5, 0.6) is 0 Å². The smallest absolute Gasteiger partial charge is 0.107 e. The second-order valence-electron chi connectivity index (χ2n) is 5.75. The topological polar surface area (TPSA) is 24.9 Å². The van der Waals surface area contributed by atoms with E-state index in [1.165, 1.54) is 35.6 Å². The van der Waals surface area contributed by atoms with Gasteiger partial charge < -0.3 is 5.32 Å². The van der Waals surface area contributed by atoms with Crippen LogP contribution in [0, 0.1) is 11.8 Å². The number of aromatic nitrogens is 1. The number of aryl methyl sites for hydroxylation is 1. The average Bonchev–Trinajstić information content (AvgIpc) is 2.84. The molecule has 1 aromatic rings. The third kappa shape index (κ3) is 3.55. The monoisotopic (exact) mass is 266 g/mol. The van der Waals surface area contributed by atoms with E-state index in [0.29, 0.717) is 6.04 Å². The van der Waals surface area contributed by atoms with Gasteiger partial charge in [0, 0.05) is 23.7 Å². The molecule has 2 nitrogen and oxygen atoms in total. The summed E-state index contributed by atoms with van der Waals surface area (Å²) in [5, 5.41) is 5.00. The van der Waals surface area contributed by atoms with Crippen LogP contribution in [0.4, 0.5) is 0 Å². The third-order valence-electron chi connectivity index (χ3n) is 4.14. The quantitative estimate of drug-likeness (QED) is 0.871. The van der Waals surface area contributed by atoms with E-state index in [0.717, 1.165) is 24.8 Å². The highest BCUT2D eigenvalue weighted by Crippen LogP contribution is 2.30. The van der Waals surface area contributed by atoms with Gasteiger partial charge in [0.05, 0.1) is 0 Å². The third-order valence-corrected chi connectivity index (χ3v) is 5.28. The molecule has 0 radical (unpaired) electrons. The Morgan fingerprint density at radius 2 is 2.17 bits per heavy atom. The van der Waals surface area contributed by atoms with E-state index < -0.39 is 0 Å². The summed E-state index contributed by atoms with van der Waals surface area (Å²) in [4.78, 5) is 5.90. The maximum absolute atomic E-state index is 4.50. The maximum atomic E-state index is 4.50. The van der Waals surface area contributed by atoms with Crippen molar-refractivity contribution in [3.05, 3.63) is 16.1 Å². The minimum absolute atomic E-state index is 0.702. The highest BCUT2D eigenvalue weighted by Gasteiger charge is 2.27. The zero-order valence-electron chi connectivity index (χ0n) is 11.9. The van der Waals surface area contributed by atoms with Gasteiger partial charge in [0.2, 0.25) is 0 Å². The largest absolute Gasteiger partial charge is 0.307 e. The van der Waals surface area contributed by atoms with Gasteiger partial charge in [0.15, 0.2) is 0 Å². The number of nitrogens with zero attached hydrogens (tertiary/aromatic N) is 1. The van der Waals surface area contributed by atoms with Crippen LogP contribution in [-0.2, 0) is 13.0 Å². The van der Waals surface area contributed by atoms with Crippen molar-refractivity contribution in [3.63, 3.8) is 0 Å². The molecule has 0 aromatic carbocycles. The Bertz CT molecular complexity index is 359. The molecule has 1 fully saturated rings. The van der Waals surface area contributed by atoms with Gasteiger partial charge in [-0.1, -0.05) is 33.6 Å². The SMILES string of the molecule is CCc1cnc(CNC2CCCCC2C(C)C)s1. The Balaban J connectivity index is 1.87. The molecule has 1 N–H and O–H groups in total.